The molecule has 0 radical (unpaired) electrons. The molecule has 0 saturated carbocycles. The van der Waals surface area contributed by atoms with Gasteiger partial charge in [0.05, 0.1) is 0 Å². The van der Waals surface area contributed by atoms with Gasteiger partial charge in [0.2, 0.25) is 0 Å². The third-order valence-corrected chi connectivity index (χ3v) is 3.46. The van der Waals surface area contributed by atoms with Crippen LogP contribution in [0.1, 0.15) is 24.5 Å². The van der Waals surface area contributed by atoms with Crippen LogP contribution in [-0.4, -0.2) is 22.5 Å². The van der Waals surface area contributed by atoms with E-state index in [1.807, 2.05) is 0 Å². The van der Waals surface area contributed by atoms with Crippen molar-refractivity contribution in [3.05, 3.63) is 50.7 Å². The number of pyridine rings is 1. The second kappa shape index (κ2) is 4.42. The molecule has 1 aliphatic rings. The minimum absolute atomic E-state index is 0.255. The molecule has 2 aromatic heterocycles. The number of aromatic amines is 1. The lowest BCUT2D eigenvalue weighted by atomic mass is 9.96. The average molecular weight is 245 g/mol. The summed E-state index contributed by atoms with van der Waals surface area (Å²) < 4.78 is 1.17. The molecule has 1 aliphatic heterocycles. The molecule has 5 heteroatoms. The summed E-state index contributed by atoms with van der Waals surface area (Å²) in [6, 6.07) is 6.36. The molecule has 1 unspecified atom stereocenters. The molecule has 2 aromatic rings. The molecule has 0 amide bonds. The molecule has 3 heterocycles. The minimum Gasteiger partial charge on any atom is -0.344 e. The fourth-order valence-electron chi connectivity index (χ4n) is 2.53. The monoisotopic (exact) mass is 245 g/mol. The van der Waals surface area contributed by atoms with Crippen molar-refractivity contribution < 1.29 is 0 Å². The van der Waals surface area contributed by atoms with Crippen LogP contribution in [0.15, 0.2) is 33.9 Å². The average Bonchev–Trinajstić information content (AvgIpc) is 2.39. The molecule has 0 aliphatic carbocycles. The Balaban J connectivity index is 2.15. The first kappa shape index (κ1) is 11.2. The van der Waals surface area contributed by atoms with Crippen LogP contribution >= 0.6 is 0 Å². The first-order valence-electron chi connectivity index (χ1n) is 6.21. The number of H-pyrrole nitrogens is 1. The van der Waals surface area contributed by atoms with Crippen LogP contribution in [0.3, 0.4) is 0 Å². The van der Waals surface area contributed by atoms with Gasteiger partial charge in [-0.1, -0.05) is 6.07 Å². The third-order valence-electron chi connectivity index (χ3n) is 3.46. The van der Waals surface area contributed by atoms with E-state index in [2.05, 4.69) is 10.3 Å². The van der Waals surface area contributed by atoms with Crippen LogP contribution in [0.25, 0.3) is 5.65 Å². The van der Waals surface area contributed by atoms with Crippen LogP contribution in [0.5, 0.6) is 0 Å². The molecule has 1 atom stereocenters. The number of piperidine rings is 1. The summed E-state index contributed by atoms with van der Waals surface area (Å²) in [5, 5.41) is 3.32. The largest absolute Gasteiger partial charge is 0.344 e. The number of hydrogen-bond donors (Lipinski definition) is 2. The van der Waals surface area contributed by atoms with E-state index in [1.54, 1.807) is 18.2 Å². The Morgan fingerprint density at radius 1 is 1.22 bits per heavy atom. The van der Waals surface area contributed by atoms with Gasteiger partial charge >= 0.3 is 0 Å². The second-order valence-corrected chi connectivity index (χ2v) is 4.69. The summed E-state index contributed by atoms with van der Waals surface area (Å²) in [6.07, 6.45) is 2.18. The van der Waals surface area contributed by atoms with Crippen molar-refractivity contribution in [2.45, 2.75) is 18.8 Å². The number of fused-ring (bicyclic) bond motifs is 1. The fourth-order valence-corrected chi connectivity index (χ4v) is 2.53. The molecule has 5 nitrogen and oxygen atoms in total. The smallest absolute Gasteiger partial charge is 0.260 e. The van der Waals surface area contributed by atoms with Crippen molar-refractivity contribution >= 4 is 5.65 Å². The first-order chi connectivity index (χ1) is 8.75. The Morgan fingerprint density at radius 2 is 2.11 bits per heavy atom. The van der Waals surface area contributed by atoms with Crippen LogP contribution < -0.4 is 16.4 Å². The van der Waals surface area contributed by atoms with E-state index in [0.717, 1.165) is 31.6 Å². The maximum atomic E-state index is 12.0. The van der Waals surface area contributed by atoms with Gasteiger partial charge in [-0.25, -0.2) is 4.40 Å². The Labute approximate surface area is 103 Å². The molecule has 0 bridgehead atoms. The zero-order chi connectivity index (χ0) is 12.5. The molecule has 94 valence electrons. The highest BCUT2D eigenvalue weighted by atomic mass is 16.2. The lowest BCUT2D eigenvalue weighted by Gasteiger charge is -2.22. The van der Waals surface area contributed by atoms with Crippen molar-refractivity contribution in [3.8, 4) is 0 Å². The van der Waals surface area contributed by atoms with E-state index < -0.39 is 0 Å². The van der Waals surface area contributed by atoms with Crippen molar-refractivity contribution in [2.24, 2.45) is 0 Å². The summed E-state index contributed by atoms with van der Waals surface area (Å²) in [5.74, 6) is 0.326. The maximum absolute atomic E-state index is 12.0. The summed E-state index contributed by atoms with van der Waals surface area (Å²) in [5.41, 5.74) is 0.936. The van der Waals surface area contributed by atoms with Gasteiger partial charge in [0.25, 0.3) is 11.1 Å². The van der Waals surface area contributed by atoms with Gasteiger partial charge in [0.15, 0.2) is 0 Å². The quantitative estimate of drug-likeness (QED) is 0.767. The zero-order valence-corrected chi connectivity index (χ0v) is 9.98. The van der Waals surface area contributed by atoms with Gasteiger partial charge in [-0.05, 0) is 25.5 Å². The Bertz CT molecular complexity index is 680. The van der Waals surface area contributed by atoms with Crippen molar-refractivity contribution in [1.29, 1.82) is 0 Å². The molecule has 0 aromatic carbocycles. The van der Waals surface area contributed by atoms with Crippen molar-refractivity contribution in [2.75, 3.05) is 13.1 Å². The molecule has 1 fully saturated rings. The molecular weight excluding hydrogens is 230 g/mol. The van der Waals surface area contributed by atoms with Gasteiger partial charge in [-0.15, -0.1) is 0 Å². The van der Waals surface area contributed by atoms with E-state index >= 15 is 0 Å². The fraction of sp³-hybridized carbons (Fsp3) is 0.385. The standard InChI is InChI=1S/C13H15N3O2/c17-12-5-1-4-11-15-10(7-13(18)16(11)12)9-3-2-6-14-8-9/h1,4-5,7,9,14-15H,2-3,6,8H2. The number of nitrogens with zero attached hydrogens (tertiary/aromatic N) is 1. The summed E-state index contributed by atoms with van der Waals surface area (Å²) >= 11 is 0. The normalized spacial score (nSPS) is 20.1. The highest BCUT2D eigenvalue weighted by Gasteiger charge is 2.17. The predicted molar refractivity (Wildman–Crippen MR) is 69.1 cm³/mol. The van der Waals surface area contributed by atoms with Gasteiger partial charge in [0, 0.05) is 30.3 Å². The van der Waals surface area contributed by atoms with Gasteiger partial charge in [-0.3, -0.25) is 9.59 Å². The van der Waals surface area contributed by atoms with Crippen LogP contribution in [0.2, 0.25) is 0 Å². The number of aromatic nitrogens is 2. The van der Waals surface area contributed by atoms with Crippen molar-refractivity contribution in [1.82, 2.24) is 14.7 Å². The number of hydrogen-bond acceptors (Lipinski definition) is 3. The molecular formula is C13H15N3O2. The number of nitrogens with one attached hydrogen (secondary N) is 2. The Hall–Kier alpha value is -1.88. The summed E-state index contributed by atoms with van der Waals surface area (Å²) in [6.45, 7) is 1.91. The van der Waals surface area contributed by atoms with Gasteiger partial charge in [0.1, 0.15) is 5.65 Å². The van der Waals surface area contributed by atoms with Crippen LogP contribution in [-0.2, 0) is 0 Å². The highest BCUT2D eigenvalue weighted by Crippen LogP contribution is 2.20. The molecule has 1 saturated heterocycles. The number of rotatable bonds is 1. The van der Waals surface area contributed by atoms with Crippen LogP contribution in [0.4, 0.5) is 0 Å². The van der Waals surface area contributed by atoms with Gasteiger partial charge in [-0.2, -0.15) is 0 Å². The SMILES string of the molecule is O=c1cccc2[nH]c(C3CCCNC3)cc(=O)n12. The van der Waals surface area contributed by atoms with Crippen LogP contribution in [0, 0.1) is 0 Å². The van der Waals surface area contributed by atoms with E-state index in [4.69, 9.17) is 0 Å². The lowest BCUT2D eigenvalue weighted by molar-refractivity contribution is 0.454. The minimum atomic E-state index is -0.290. The molecule has 3 rings (SSSR count). The van der Waals surface area contributed by atoms with Crippen molar-refractivity contribution in [3.63, 3.8) is 0 Å². The lowest BCUT2D eigenvalue weighted by Crippen LogP contribution is -2.32. The maximum Gasteiger partial charge on any atom is 0.260 e. The molecule has 18 heavy (non-hydrogen) atoms. The first-order valence-corrected chi connectivity index (χ1v) is 6.21. The van der Waals surface area contributed by atoms with Gasteiger partial charge < -0.3 is 10.3 Å². The van der Waals surface area contributed by atoms with E-state index in [9.17, 15) is 9.59 Å². The summed E-state index contributed by atoms with van der Waals surface area (Å²) in [4.78, 5) is 26.8. The topological polar surface area (TPSA) is 66.4 Å². The van der Waals surface area contributed by atoms with E-state index in [0.29, 0.717) is 11.6 Å². The van der Waals surface area contributed by atoms with E-state index in [-0.39, 0.29) is 11.1 Å². The molecule has 2 N–H and O–H groups in total. The predicted octanol–water partition coefficient (Wildman–Crippen LogP) is 0.455. The second-order valence-electron chi connectivity index (χ2n) is 4.69. The Morgan fingerprint density at radius 3 is 2.89 bits per heavy atom. The summed E-state index contributed by atoms with van der Waals surface area (Å²) in [7, 11) is 0. The Kier molecular flexibility index (Phi) is 2.76. The van der Waals surface area contributed by atoms with E-state index in [1.165, 1.54) is 10.5 Å². The molecule has 0 spiro atoms. The zero-order valence-electron chi connectivity index (χ0n) is 9.98. The third kappa shape index (κ3) is 1.86. The highest BCUT2D eigenvalue weighted by molar-refractivity contribution is 5.38.